The number of hydrogen-bond donors (Lipinski definition) is 0. The van der Waals surface area contributed by atoms with E-state index < -0.39 is 14.8 Å². The normalized spacial score (nSPS) is 7.00. The van der Waals surface area contributed by atoms with Crippen LogP contribution in [0.4, 0.5) is 0 Å². The van der Waals surface area contributed by atoms with Crippen molar-refractivity contribution in [3.05, 3.63) is 0 Å². The Morgan fingerprint density at radius 1 is 0.625 bits per heavy atom. The van der Waals surface area contributed by atoms with Gasteiger partial charge >= 0.3 is 29.0 Å². The van der Waals surface area contributed by atoms with E-state index in [4.69, 9.17) is 14.2 Å². The van der Waals surface area contributed by atoms with E-state index in [1.165, 1.54) is 0 Å². The van der Waals surface area contributed by atoms with Crippen molar-refractivity contribution in [2.75, 3.05) is 0 Å². The summed E-state index contributed by atoms with van der Waals surface area (Å²) in [5.74, 6) is 0. The Bertz CT molecular complexity index is 162. The van der Waals surface area contributed by atoms with Gasteiger partial charge in [0.2, 0.25) is 0 Å². The van der Waals surface area contributed by atoms with Gasteiger partial charge in [-0.05, 0) is 0 Å². The molecule has 0 bridgehead atoms. The molecule has 0 aliphatic heterocycles. The molecule has 0 aliphatic carbocycles. The van der Waals surface area contributed by atoms with Crippen molar-refractivity contribution in [2.24, 2.45) is 0 Å². The fourth-order valence-electron chi connectivity index (χ4n) is 0. The molecule has 0 saturated carbocycles. The Morgan fingerprint density at radius 2 is 0.625 bits per heavy atom. The standard InChI is InChI=1S/3K.4O.Os. The van der Waals surface area contributed by atoms with Gasteiger partial charge in [0.25, 0.3) is 0 Å². The van der Waals surface area contributed by atoms with Crippen LogP contribution in [-0.4, -0.2) is 154 Å². The van der Waals surface area contributed by atoms with Crippen LogP contribution in [0.1, 0.15) is 0 Å². The van der Waals surface area contributed by atoms with E-state index in [1.54, 1.807) is 0 Å². The number of rotatable bonds is 0. The van der Waals surface area contributed by atoms with Gasteiger partial charge in [-0.1, -0.05) is 0 Å². The van der Waals surface area contributed by atoms with Crippen LogP contribution in [-0.2, 0) is 29.0 Å². The fraction of sp³-hybridized carbons (Fsp3) is 0. The SMILES string of the molecule is [K].[K].[K].[O]=[Os](=[O])(=[O])=[O]. The molecule has 8 heavy (non-hydrogen) atoms. The summed E-state index contributed by atoms with van der Waals surface area (Å²) in [5, 5.41) is 0. The van der Waals surface area contributed by atoms with Gasteiger partial charge in [0, 0.05) is 154 Å². The van der Waals surface area contributed by atoms with Gasteiger partial charge < -0.3 is 0 Å². The summed E-state index contributed by atoms with van der Waals surface area (Å²) >= 11 is -6.06. The van der Waals surface area contributed by atoms with E-state index in [1.807, 2.05) is 0 Å². The molecule has 0 heterocycles. The quantitative estimate of drug-likeness (QED) is 0.480. The predicted octanol–water partition coefficient (Wildman–Crippen LogP) is -1.62. The van der Waals surface area contributed by atoms with Crippen LogP contribution in [0.2, 0.25) is 0 Å². The Balaban J connectivity index is -0.0000000267. The summed E-state index contributed by atoms with van der Waals surface area (Å²) in [6.07, 6.45) is 0. The predicted molar refractivity (Wildman–Crippen MR) is 20.0 cm³/mol. The van der Waals surface area contributed by atoms with Crippen molar-refractivity contribution < 1.29 is 29.0 Å². The van der Waals surface area contributed by atoms with Gasteiger partial charge in [0.1, 0.15) is 0 Å². The van der Waals surface area contributed by atoms with Gasteiger partial charge in [0.05, 0.1) is 0 Å². The molecule has 0 unspecified atom stereocenters. The minimum absolute atomic E-state index is 0. The molecule has 0 rings (SSSR count). The first-order chi connectivity index (χ1) is 2.00. The fourth-order valence-corrected chi connectivity index (χ4v) is 0. The first-order valence-corrected chi connectivity index (χ1v) is 4.73. The molecule has 0 aromatic rings. The van der Waals surface area contributed by atoms with E-state index in [2.05, 4.69) is 0 Å². The first kappa shape index (κ1) is 23.0. The first-order valence-electron chi connectivity index (χ1n) is 0.577. The van der Waals surface area contributed by atoms with Crippen molar-refractivity contribution in [1.29, 1.82) is 0 Å². The minimum atomic E-state index is -6.06. The molecule has 0 atom stereocenters. The molecule has 0 aliphatic rings. The number of hydrogen-bond acceptors (Lipinski definition) is 4. The second kappa shape index (κ2) is 11.7. The topological polar surface area (TPSA) is 68.3 Å². The summed E-state index contributed by atoms with van der Waals surface area (Å²) in [7, 11) is 0. The summed E-state index contributed by atoms with van der Waals surface area (Å²) in [6, 6.07) is 0. The third-order valence-corrected chi connectivity index (χ3v) is 0. The van der Waals surface area contributed by atoms with Crippen LogP contribution in [0, 0.1) is 0 Å². The maximum atomic E-state index is 8.63. The van der Waals surface area contributed by atoms with Crippen molar-refractivity contribution in [3.63, 3.8) is 0 Å². The van der Waals surface area contributed by atoms with Gasteiger partial charge in [-0.2, -0.15) is 0 Å². The zero-order valence-electron chi connectivity index (χ0n) is 4.99. The summed E-state index contributed by atoms with van der Waals surface area (Å²) < 4.78 is 34.5. The van der Waals surface area contributed by atoms with Crippen molar-refractivity contribution in [3.8, 4) is 0 Å². The van der Waals surface area contributed by atoms with Crippen molar-refractivity contribution in [2.45, 2.75) is 0 Å². The Hall–Kier alpha value is 4.75. The third-order valence-electron chi connectivity index (χ3n) is 0. The van der Waals surface area contributed by atoms with Gasteiger partial charge in [-0.3, -0.25) is 0 Å². The summed E-state index contributed by atoms with van der Waals surface area (Å²) in [4.78, 5) is 0. The Labute approximate surface area is 177 Å². The zero-order chi connectivity index (χ0) is 4.50. The third kappa shape index (κ3) is 45.3. The monoisotopic (exact) mass is 373 g/mol. The van der Waals surface area contributed by atoms with Gasteiger partial charge in [-0.15, -0.1) is 0 Å². The second-order valence-corrected chi connectivity index (χ2v) is 2.89. The van der Waals surface area contributed by atoms with Crippen molar-refractivity contribution >= 4 is 154 Å². The summed E-state index contributed by atoms with van der Waals surface area (Å²) in [5.41, 5.74) is 0. The van der Waals surface area contributed by atoms with Crippen LogP contribution >= 0.6 is 0 Å². The molecule has 3 radical (unpaired) electrons. The van der Waals surface area contributed by atoms with E-state index in [0.717, 1.165) is 0 Å². The maximum absolute atomic E-state index is 8.63. The van der Waals surface area contributed by atoms with Crippen molar-refractivity contribution in [1.82, 2.24) is 0 Å². The molecular formula is K3O4Os. The van der Waals surface area contributed by atoms with Crippen LogP contribution in [0.5, 0.6) is 0 Å². The average molecular weight is 372 g/mol. The van der Waals surface area contributed by atoms with Crippen LogP contribution in [0.15, 0.2) is 0 Å². The molecule has 0 amide bonds. The van der Waals surface area contributed by atoms with Gasteiger partial charge in [0.15, 0.2) is 0 Å². The molecule has 0 N–H and O–H groups in total. The molecule has 0 saturated heterocycles. The molecule has 0 spiro atoms. The van der Waals surface area contributed by atoms with E-state index in [0.29, 0.717) is 0 Å². The van der Waals surface area contributed by atoms with Crippen LogP contribution in [0.3, 0.4) is 0 Å². The Morgan fingerprint density at radius 3 is 0.625 bits per heavy atom. The van der Waals surface area contributed by atoms with Crippen LogP contribution < -0.4 is 0 Å². The molecule has 0 aromatic heterocycles. The molecule has 8 heteroatoms. The Kier molecular flexibility index (Phi) is 33.8. The average Bonchev–Trinajstić information content (AvgIpc) is 0.722. The van der Waals surface area contributed by atoms with Crippen LogP contribution in [0.25, 0.3) is 0 Å². The molecule has 35 valence electrons. The van der Waals surface area contributed by atoms with Gasteiger partial charge in [-0.25, -0.2) is 0 Å². The van der Waals surface area contributed by atoms with E-state index >= 15 is 0 Å². The van der Waals surface area contributed by atoms with E-state index in [-0.39, 0.29) is 154 Å². The molecule has 0 aromatic carbocycles. The zero-order valence-corrected chi connectivity index (χ0v) is 16.9. The molecular weight excluding hydrogens is 372 g/mol. The van der Waals surface area contributed by atoms with E-state index in [9.17, 15) is 0 Å². The summed E-state index contributed by atoms with van der Waals surface area (Å²) in [6.45, 7) is 0. The molecule has 4 nitrogen and oxygen atoms in total. The second-order valence-electron chi connectivity index (χ2n) is 0.354. The molecule has 0 fully saturated rings.